The van der Waals surface area contributed by atoms with Gasteiger partial charge < -0.3 is 9.47 Å². The summed E-state index contributed by atoms with van der Waals surface area (Å²) in [5.74, 6) is 0.941. The number of methoxy groups -OCH3 is 1. The van der Waals surface area contributed by atoms with Crippen LogP contribution in [0.3, 0.4) is 0 Å². The van der Waals surface area contributed by atoms with Gasteiger partial charge in [-0.15, -0.1) is 0 Å². The minimum atomic E-state index is -0.342. The molecule has 3 rings (SSSR count). The average Bonchev–Trinajstić information content (AvgIpc) is 2.67. The summed E-state index contributed by atoms with van der Waals surface area (Å²) in [6.45, 7) is 5.65. The number of aromatic nitrogens is 4. The molecule has 2 heterocycles. The first-order valence-corrected chi connectivity index (χ1v) is 9.26. The van der Waals surface area contributed by atoms with Crippen molar-refractivity contribution in [1.29, 1.82) is 0 Å². The van der Waals surface area contributed by atoms with Crippen molar-refractivity contribution in [2.24, 2.45) is 0 Å². The van der Waals surface area contributed by atoms with Crippen molar-refractivity contribution in [1.82, 2.24) is 19.9 Å². The van der Waals surface area contributed by atoms with Crippen molar-refractivity contribution >= 4 is 28.8 Å². The lowest BCUT2D eigenvalue weighted by atomic mass is 10.1. The van der Waals surface area contributed by atoms with Crippen LogP contribution in [-0.2, 0) is 16.0 Å². The molecule has 152 valence electrons. The van der Waals surface area contributed by atoms with Crippen LogP contribution in [0.4, 0.5) is 11.9 Å². The highest BCUT2D eigenvalue weighted by molar-refractivity contribution is 5.83. The van der Waals surface area contributed by atoms with Gasteiger partial charge in [-0.1, -0.05) is 0 Å². The Labute approximate surface area is 167 Å². The summed E-state index contributed by atoms with van der Waals surface area (Å²) in [5.41, 5.74) is 2.17. The molecule has 0 fully saturated rings. The van der Waals surface area contributed by atoms with Crippen molar-refractivity contribution in [3.63, 3.8) is 0 Å². The molecule has 0 aliphatic rings. The zero-order valence-electron chi connectivity index (χ0n) is 16.8. The van der Waals surface area contributed by atoms with Crippen LogP contribution in [-0.4, -0.2) is 39.6 Å². The minimum absolute atomic E-state index is 0.128. The number of benzene rings is 1. The van der Waals surface area contributed by atoms with Crippen molar-refractivity contribution in [3.8, 4) is 5.75 Å². The third-order valence-electron chi connectivity index (χ3n) is 4.43. The molecule has 0 saturated heterocycles. The van der Waals surface area contributed by atoms with Crippen molar-refractivity contribution < 1.29 is 14.3 Å². The molecule has 0 bridgehead atoms. The van der Waals surface area contributed by atoms with E-state index in [1.165, 1.54) is 0 Å². The molecule has 0 spiro atoms. The lowest BCUT2D eigenvalue weighted by Crippen LogP contribution is -2.20. The Kier molecular flexibility index (Phi) is 6.06. The van der Waals surface area contributed by atoms with Gasteiger partial charge in [0.15, 0.2) is 0 Å². The van der Waals surface area contributed by atoms with E-state index in [4.69, 9.17) is 9.47 Å². The normalized spacial score (nSPS) is 10.8. The van der Waals surface area contributed by atoms with Gasteiger partial charge >= 0.3 is 5.97 Å². The fourth-order valence-electron chi connectivity index (χ4n) is 2.97. The number of nitrogens with one attached hydrogen (secondary N) is 2. The van der Waals surface area contributed by atoms with Crippen LogP contribution in [0, 0.1) is 13.8 Å². The van der Waals surface area contributed by atoms with Gasteiger partial charge in [-0.2, -0.15) is 0 Å². The highest BCUT2D eigenvalue weighted by Crippen LogP contribution is 2.23. The molecular weight excluding hydrogens is 374 g/mol. The average molecular weight is 397 g/mol. The number of aromatic amines is 1. The molecular formula is C20H23N5O4. The van der Waals surface area contributed by atoms with E-state index < -0.39 is 0 Å². The first-order valence-electron chi connectivity index (χ1n) is 9.26. The highest BCUT2D eigenvalue weighted by Gasteiger charge is 2.13. The summed E-state index contributed by atoms with van der Waals surface area (Å²) in [5, 5.41) is 3.82. The lowest BCUT2D eigenvalue weighted by Gasteiger charge is -2.10. The van der Waals surface area contributed by atoms with Gasteiger partial charge in [-0.25, -0.2) is 15.0 Å². The highest BCUT2D eigenvalue weighted by atomic mass is 16.5. The molecule has 3 aromatic rings. The standard InChI is InChI=1S/C20H23N5O4/c1-5-29-17(26)9-7-14-11(2)21-20(24-18(14)27)25-19-22-12(3)15-10-13(28-4)6-8-16(15)23-19/h6,8,10H,5,7,9H2,1-4H3,(H2,21,22,23,24,25,27). The maximum Gasteiger partial charge on any atom is 0.306 e. The quantitative estimate of drug-likeness (QED) is 0.584. The molecule has 1 aromatic carbocycles. The monoisotopic (exact) mass is 397 g/mol. The molecule has 0 aliphatic carbocycles. The summed E-state index contributed by atoms with van der Waals surface area (Å²) in [6.07, 6.45) is 0.392. The number of H-pyrrole nitrogens is 1. The van der Waals surface area contributed by atoms with Crippen LogP contribution in [0.25, 0.3) is 10.9 Å². The minimum Gasteiger partial charge on any atom is -0.497 e. The summed E-state index contributed by atoms with van der Waals surface area (Å²) < 4.78 is 10.1. The van der Waals surface area contributed by atoms with E-state index in [0.29, 0.717) is 23.8 Å². The van der Waals surface area contributed by atoms with Crippen LogP contribution in [0.15, 0.2) is 23.0 Å². The van der Waals surface area contributed by atoms with Crippen molar-refractivity contribution in [3.05, 3.63) is 45.5 Å². The van der Waals surface area contributed by atoms with E-state index in [2.05, 4.69) is 25.3 Å². The maximum atomic E-state index is 12.4. The summed E-state index contributed by atoms with van der Waals surface area (Å²) in [6, 6.07) is 5.53. The number of ether oxygens (including phenoxy) is 2. The van der Waals surface area contributed by atoms with Crippen LogP contribution >= 0.6 is 0 Å². The molecule has 2 aromatic heterocycles. The fraction of sp³-hybridized carbons (Fsp3) is 0.350. The molecule has 0 amide bonds. The van der Waals surface area contributed by atoms with E-state index >= 15 is 0 Å². The van der Waals surface area contributed by atoms with Gasteiger partial charge in [0.05, 0.1) is 24.9 Å². The number of carbonyl (C=O) groups excluding carboxylic acids is 1. The van der Waals surface area contributed by atoms with Gasteiger partial charge in [0.2, 0.25) is 11.9 Å². The first-order chi connectivity index (χ1) is 13.9. The molecule has 0 saturated carbocycles. The number of aryl methyl sites for hydroxylation is 2. The molecule has 0 radical (unpaired) electrons. The second kappa shape index (κ2) is 8.68. The Balaban J connectivity index is 1.83. The van der Waals surface area contributed by atoms with Gasteiger partial charge in [0.25, 0.3) is 5.56 Å². The van der Waals surface area contributed by atoms with E-state index in [1.54, 1.807) is 21.0 Å². The molecule has 0 atom stereocenters. The molecule has 9 nitrogen and oxygen atoms in total. The molecule has 2 N–H and O–H groups in total. The number of esters is 1. The van der Waals surface area contributed by atoms with E-state index in [9.17, 15) is 9.59 Å². The maximum absolute atomic E-state index is 12.4. The Bertz CT molecular complexity index is 1110. The summed E-state index contributed by atoms with van der Waals surface area (Å²) in [7, 11) is 1.61. The van der Waals surface area contributed by atoms with Gasteiger partial charge in [-0.3, -0.25) is 19.9 Å². The van der Waals surface area contributed by atoms with Crippen molar-refractivity contribution in [2.75, 3.05) is 19.0 Å². The second-order valence-electron chi connectivity index (χ2n) is 6.42. The van der Waals surface area contributed by atoms with Gasteiger partial charge in [-0.05, 0) is 45.4 Å². The number of hydrogen-bond acceptors (Lipinski definition) is 8. The van der Waals surface area contributed by atoms with Crippen LogP contribution in [0.5, 0.6) is 5.75 Å². The second-order valence-corrected chi connectivity index (χ2v) is 6.42. The molecule has 9 heteroatoms. The SMILES string of the molecule is CCOC(=O)CCc1c(C)nc(Nc2nc(C)c3cc(OC)ccc3n2)[nH]c1=O. The largest absolute Gasteiger partial charge is 0.497 e. The molecule has 0 aliphatic heterocycles. The smallest absolute Gasteiger partial charge is 0.306 e. The molecule has 0 unspecified atom stereocenters. The van der Waals surface area contributed by atoms with E-state index in [-0.39, 0.29) is 30.3 Å². The zero-order chi connectivity index (χ0) is 21.0. The number of hydrogen-bond donors (Lipinski definition) is 2. The Morgan fingerprint density at radius 2 is 1.97 bits per heavy atom. The predicted octanol–water partition coefficient (Wildman–Crippen LogP) is 2.58. The van der Waals surface area contributed by atoms with Gasteiger partial charge in [0, 0.05) is 23.1 Å². The molecule has 29 heavy (non-hydrogen) atoms. The van der Waals surface area contributed by atoms with Crippen LogP contribution in [0.1, 0.15) is 30.3 Å². The number of anilines is 2. The number of carbonyl (C=O) groups is 1. The zero-order valence-corrected chi connectivity index (χ0v) is 16.8. The summed E-state index contributed by atoms with van der Waals surface area (Å²) in [4.78, 5) is 39.9. The predicted molar refractivity (Wildman–Crippen MR) is 109 cm³/mol. The topological polar surface area (TPSA) is 119 Å². The Morgan fingerprint density at radius 1 is 1.17 bits per heavy atom. The Morgan fingerprint density at radius 3 is 2.66 bits per heavy atom. The number of rotatable bonds is 7. The third-order valence-corrected chi connectivity index (χ3v) is 4.43. The van der Waals surface area contributed by atoms with Gasteiger partial charge in [0.1, 0.15) is 5.75 Å². The number of fused-ring (bicyclic) bond motifs is 1. The summed E-state index contributed by atoms with van der Waals surface area (Å²) >= 11 is 0. The van der Waals surface area contributed by atoms with Crippen molar-refractivity contribution in [2.45, 2.75) is 33.6 Å². The van der Waals surface area contributed by atoms with Crippen LogP contribution < -0.4 is 15.6 Å². The fourth-order valence-corrected chi connectivity index (χ4v) is 2.97. The third kappa shape index (κ3) is 4.68. The number of nitrogens with zero attached hydrogens (tertiary/aromatic N) is 3. The van der Waals surface area contributed by atoms with E-state index in [0.717, 1.165) is 22.3 Å². The lowest BCUT2D eigenvalue weighted by molar-refractivity contribution is -0.143. The Hall–Kier alpha value is -3.49. The van der Waals surface area contributed by atoms with E-state index in [1.807, 2.05) is 25.1 Å². The first kappa shape index (κ1) is 20.2. The van der Waals surface area contributed by atoms with Crippen LogP contribution in [0.2, 0.25) is 0 Å².